The number of carbonyl (C=O) groups excluding carboxylic acids is 1. The van der Waals surface area contributed by atoms with Gasteiger partial charge in [-0.05, 0) is 31.5 Å². The molecule has 1 amide bonds. The summed E-state index contributed by atoms with van der Waals surface area (Å²) in [5.41, 5.74) is 0.342. The quantitative estimate of drug-likeness (QED) is 0.870. The summed E-state index contributed by atoms with van der Waals surface area (Å²) in [5.74, 6) is -0.152. The van der Waals surface area contributed by atoms with Crippen molar-refractivity contribution < 1.29 is 13.6 Å². The summed E-state index contributed by atoms with van der Waals surface area (Å²) in [6, 6.07) is 5.58. The molecule has 0 aliphatic carbocycles. The molecule has 1 aromatic rings. The van der Waals surface area contributed by atoms with Crippen LogP contribution in [-0.4, -0.2) is 18.5 Å². The Morgan fingerprint density at radius 1 is 1.39 bits per heavy atom. The van der Waals surface area contributed by atoms with E-state index in [1.807, 2.05) is 0 Å². The Balaban J connectivity index is 1.99. The summed E-state index contributed by atoms with van der Waals surface area (Å²) < 4.78 is 25.0. The van der Waals surface area contributed by atoms with Crippen molar-refractivity contribution in [3.05, 3.63) is 29.8 Å². The number of hydrogen-bond donors (Lipinski definition) is 2. The molecule has 18 heavy (non-hydrogen) atoms. The number of nitrogens with one attached hydrogen (secondary N) is 2. The summed E-state index contributed by atoms with van der Waals surface area (Å²) in [6.07, 6.45) is 0.363. The highest BCUT2D eigenvalue weighted by atomic mass is 19.3. The van der Waals surface area contributed by atoms with E-state index in [9.17, 15) is 13.6 Å². The normalized spacial score (nSPS) is 19.8. The molecule has 0 bridgehead atoms. The molecule has 1 aliphatic rings. The first kappa shape index (κ1) is 13.0. The van der Waals surface area contributed by atoms with Crippen LogP contribution in [0.2, 0.25) is 0 Å². The number of rotatable bonds is 3. The van der Waals surface area contributed by atoms with Crippen molar-refractivity contribution in [3.63, 3.8) is 0 Å². The van der Waals surface area contributed by atoms with E-state index in [1.54, 1.807) is 6.07 Å². The average Bonchev–Trinajstić information content (AvgIpc) is 2.40. The summed E-state index contributed by atoms with van der Waals surface area (Å²) in [5, 5.41) is 5.79. The highest BCUT2D eigenvalue weighted by Gasteiger charge is 2.20. The first-order valence-electron chi connectivity index (χ1n) is 6.09. The Hall–Kier alpha value is -1.49. The Kier molecular flexibility index (Phi) is 4.25. The third-order valence-electron chi connectivity index (χ3n) is 3.03. The van der Waals surface area contributed by atoms with Gasteiger partial charge in [0.25, 0.3) is 6.43 Å². The van der Waals surface area contributed by atoms with Gasteiger partial charge in [0.05, 0.1) is 6.04 Å². The molecule has 2 N–H and O–H groups in total. The van der Waals surface area contributed by atoms with E-state index in [-0.39, 0.29) is 17.5 Å². The molecular formula is C13H16F2N2O. The van der Waals surface area contributed by atoms with Crippen LogP contribution in [0.4, 0.5) is 14.5 Å². The van der Waals surface area contributed by atoms with Crippen molar-refractivity contribution in [2.45, 2.75) is 31.7 Å². The number of amides is 1. The molecule has 98 valence electrons. The highest BCUT2D eigenvalue weighted by molar-refractivity contribution is 5.94. The van der Waals surface area contributed by atoms with Gasteiger partial charge in [-0.2, -0.15) is 0 Å². The molecule has 1 aliphatic heterocycles. The lowest BCUT2D eigenvalue weighted by Gasteiger charge is -2.22. The molecule has 1 heterocycles. The second-order valence-corrected chi connectivity index (χ2v) is 4.42. The summed E-state index contributed by atoms with van der Waals surface area (Å²) in [4.78, 5) is 11.9. The molecule has 0 aromatic heterocycles. The molecule has 3 nitrogen and oxygen atoms in total. The van der Waals surface area contributed by atoms with Crippen molar-refractivity contribution in [1.82, 2.24) is 5.32 Å². The molecule has 0 saturated carbocycles. The fourth-order valence-electron chi connectivity index (χ4n) is 2.06. The number of anilines is 1. The number of carbonyl (C=O) groups is 1. The molecule has 2 rings (SSSR count). The van der Waals surface area contributed by atoms with Crippen LogP contribution >= 0.6 is 0 Å². The number of hydrogen-bond acceptors (Lipinski definition) is 2. The first-order chi connectivity index (χ1) is 8.66. The van der Waals surface area contributed by atoms with E-state index >= 15 is 0 Å². The van der Waals surface area contributed by atoms with Crippen LogP contribution in [0.5, 0.6) is 0 Å². The van der Waals surface area contributed by atoms with Crippen LogP contribution in [0.1, 0.15) is 31.3 Å². The monoisotopic (exact) mass is 254 g/mol. The van der Waals surface area contributed by atoms with E-state index in [2.05, 4.69) is 10.6 Å². The number of benzene rings is 1. The molecule has 1 aromatic carbocycles. The van der Waals surface area contributed by atoms with Gasteiger partial charge < -0.3 is 10.6 Å². The smallest absolute Gasteiger partial charge is 0.263 e. The lowest BCUT2D eigenvalue weighted by Crippen LogP contribution is -2.43. The molecule has 1 unspecified atom stereocenters. The first-order valence-corrected chi connectivity index (χ1v) is 6.09. The van der Waals surface area contributed by atoms with Gasteiger partial charge in [-0.3, -0.25) is 4.79 Å². The molecule has 5 heteroatoms. The minimum atomic E-state index is -2.52. The zero-order chi connectivity index (χ0) is 13.0. The zero-order valence-corrected chi connectivity index (χ0v) is 9.96. The molecule has 0 spiro atoms. The van der Waals surface area contributed by atoms with E-state index in [4.69, 9.17) is 0 Å². The Labute approximate surface area is 105 Å². The maximum atomic E-state index is 12.5. The standard InChI is InChI=1S/C13H16F2N2O/c14-12(15)9-4-3-5-10(8-9)17-13(18)11-6-1-2-7-16-11/h3-5,8,11-12,16H,1-2,6-7H2,(H,17,18). The van der Waals surface area contributed by atoms with Crippen LogP contribution < -0.4 is 10.6 Å². The van der Waals surface area contributed by atoms with Gasteiger partial charge in [-0.25, -0.2) is 8.78 Å². The lowest BCUT2D eigenvalue weighted by atomic mass is 10.0. The van der Waals surface area contributed by atoms with Crippen LogP contribution in [-0.2, 0) is 4.79 Å². The number of piperidine rings is 1. The number of halogens is 2. The van der Waals surface area contributed by atoms with Gasteiger partial charge in [0.1, 0.15) is 0 Å². The van der Waals surface area contributed by atoms with Crippen LogP contribution in [0.3, 0.4) is 0 Å². The zero-order valence-electron chi connectivity index (χ0n) is 9.96. The Morgan fingerprint density at radius 2 is 2.22 bits per heavy atom. The predicted octanol–water partition coefficient (Wildman–Crippen LogP) is 2.70. The molecule has 1 fully saturated rings. The third-order valence-corrected chi connectivity index (χ3v) is 3.03. The maximum absolute atomic E-state index is 12.5. The van der Waals surface area contributed by atoms with Crippen LogP contribution in [0.25, 0.3) is 0 Å². The second-order valence-electron chi connectivity index (χ2n) is 4.42. The molecular weight excluding hydrogens is 238 g/mol. The predicted molar refractivity (Wildman–Crippen MR) is 65.7 cm³/mol. The van der Waals surface area contributed by atoms with E-state index in [0.29, 0.717) is 5.69 Å². The van der Waals surface area contributed by atoms with E-state index in [0.717, 1.165) is 25.8 Å². The van der Waals surface area contributed by atoms with Gasteiger partial charge in [-0.15, -0.1) is 0 Å². The van der Waals surface area contributed by atoms with Gasteiger partial charge in [-0.1, -0.05) is 18.6 Å². The SMILES string of the molecule is O=C(Nc1cccc(C(F)F)c1)C1CCCCN1. The summed E-state index contributed by atoms with van der Waals surface area (Å²) in [7, 11) is 0. The average molecular weight is 254 g/mol. The van der Waals surface area contributed by atoms with Crippen molar-refractivity contribution in [2.24, 2.45) is 0 Å². The van der Waals surface area contributed by atoms with Gasteiger partial charge in [0.15, 0.2) is 0 Å². The Morgan fingerprint density at radius 3 is 2.89 bits per heavy atom. The van der Waals surface area contributed by atoms with Gasteiger partial charge in [0.2, 0.25) is 5.91 Å². The highest BCUT2D eigenvalue weighted by Crippen LogP contribution is 2.22. The van der Waals surface area contributed by atoms with Crippen molar-refractivity contribution >= 4 is 11.6 Å². The van der Waals surface area contributed by atoms with Gasteiger partial charge in [0, 0.05) is 11.3 Å². The van der Waals surface area contributed by atoms with Crippen LogP contribution in [0.15, 0.2) is 24.3 Å². The largest absolute Gasteiger partial charge is 0.325 e. The minimum Gasteiger partial charge on any atom is -0.325 e. The maximum Gasteiger partial charge on any atom is 0.263 e. The van der Waals surface area contributed by atoms with E-state index < -0.39 is 6.43 Å². The van der Waals surface area contributed by atoms with Gasteiger partial charge >= 0.3 is 0 Å². The molecule has 1 atom stereocenters. The second kappa shape index (κ2) is 5.91. The van der Waals surface area contributed by atoms with E-state index in [1.165, 1.54) is 18.2 Å². The lowest BCUT2D eigenvalue weighted by molar-refractivity contribution is -0.118. The van der Waals surface area contributed by atoms with Crippen molar-refractivity contribution in [1.29, 1.82) is 0 Å². The molecule has 0 radical (unpaired) electrons. The fraction of sp³-hybridized carbons (Fsp3) is 0.462. The Bertz CT molecular complexity index is 417. The molecule has 1 saturated heterocycles. The van der Waals surface area contributed by atoms with Crippen molar-refractivity contribution in [3.8, 4) is 0 Å². The summed E-state index contributed by atoms with van der Waals surface area (Å²) >= 11 is 0. The minimum absolute atomic E-state index is 0.0793. The third kappa shape index (κ3) is 3.26. The van der Waals surface area contributed by atoms with Crippen LogP contribution in [0, 0.1) is 0 Å². The number of alkyl halides is 2. The van der Waals surface area contributed by atoms with Crippen molar-refractivity contribution in [2.75, 3.05) is 11.9 Å². The fourth-order valence-corrected chi connectivity index (χ4v) is 2.06. The topological polar surface area (TPSA) is 41.1 Å². The summed E-state index contributed by atoms with van der Waals surface area (Å²) in [6.45, 7) is 0.829.